The minimum atomic E-state index is -0.742. The number of nitrogens with two attached hydrogens (primary N) is 1. The van der Waals surface area contributed by atoms with Crippen LogP contribution in [0.3, 0.4) is 0 Å². The molecule has 0 aliphatic rings. The number of hydrogen-bond donors (Lipinski definition) is 2. The van der Waals surface area contributed by atoms with Crippen LogP contribution in [-0.4, -0.2) is 25.5 Å². The number of rotatable bonds is 8. The van der Waals surface area contributed by atoms with Gasteiger partial charge in [0, 0.05) is 17.0 Å². The Balaban J connectivity index is 1.82. The van der Waals surface area contributed by atoms with Gasteiger partial charge in [0.05, 0.1) is 19.4 Å². The highest BCUT2D eigenvalue weighted by Gasteiger charge is 2.12. The lowest BCUT2D eigenvalue weighted by atomic mass is 9.87. The third-order valence-corrected chi connectivity index (χ3v) is 4.12. The molecule has 0 heterocycles. The van der Waals surface area contributed by atoms with Crippen molar-refractivity contribution >= 4 is 23.8 Å². The zero-order valence-corrected chi connectivity index (χ0v) is 17.1. The van der Waals surface area contributed by atoms with Gasteiger partial charge in [-0.15, -0.1) is 0 Å². The van der Waals surface area contributed by atoms with Crippen LogP contribution >= 0.6 is 11.6 Å². The normalized spacial score (nSPS) is 11.4. The van der Waals surface area contributed by atoms with E-state index < -0.39 is 6.03 Å². The smallest absolute Gasteiger partial charge is 0.332 e. The largest absolute Gasteiger partial charge is 0.493 e. The predicted molar refractivity (Wildman–Crippen MR) is 113 cm³/mol. The highest BCUT2D eigenvalue weighted by Crippen LogP contribution is 2.24. The summed E-state index contributed by atoms with van der Waals surface area (Å²) in [4.78, 5) is 10.7. The predicted octanol–water partition coefficient (Wildman–Crippen LogP) is 4.49. The van der Waals surface area contributed by atoms with Crippen molar-refractivity contribution in [2.24, 2.45) is 10.8 Å². The van der Waals surface area contributed by atoms with Gasteiger partial charge in [-0.25, -0.2) is 10.2 Å². The molecule has 150 valence electrons. The monoisotopic (exact) mass is 403 g/mol. The first kappa shape index (κ1) is 21.6. The van der Waals surface area contributed by atoms with Crippen LogP contribution in [0.1, 0.15) is 38.3 Å². The summed E-state index contributed by atoms with van der Waals surface area (Å²) in [6, 6.07) is 12.6. The van der Waals surface area contributed by atoms with Gasteiger partial charge in [-0.3, -0.25) is 0 Å². The maximum Gasteiger partial charge on any atom is 0.332 e. The van der Waals surface area contributed by atoms with E-state index in [2.05, 4.69) is 43.4 Å². The topological polar surface area (TPSA) is 85.9 Å². The van der Waals surface area contributed by atoms with Crippen LogP contribution in [0.2, 0.25) is 5.02 Å². The van der Waals surface area contributed by atoms with Crippen molar-refractivity contribution in [2.75, 3.05) is 13.2 Å². The molecule has 2 amide bonds. The van der Waals surface area contributed by atoms with Gasteiger partial charge in [0.2, 0.25) is 0 Å². The molecule has 7 heteroatoms. The molecule has 0 aliphatic heterocycles. The fraction of sp³-hybridized carbons (Fsp3) is 0.333. The first-order valence-electron chi connectivity index (χ1n) is 9.00. The van der Waals surface area contributed by atoms with E-state index in [1.165, 1.54) is 11.8 Å². The fourth-order valence-corrected chi connectivity index (χ4v) is 2.58. The molecule has 2 aromatic rings. The molecule has 0 fully saturated rings. The van der Waals surface area contributed by atoms with Crippen LogP contribution in [0.25, 0.3) is 0 Å². The molecular weight excluding hydrogens is 378 g/mol. The van der Waals surface area contributed by atoms with Gasteiger partial charge < -0.3 is 15.2 Å². The van der Waals surface area contributed by atoms with E-state index in [9.17, 15) is 4.79 Å². The number of nitrogens with zero attached hydrogens (tertiary/aromatic N) is 1. The molecule has 0 atom stereocenters. The lowest BCUT2D eigenvalue weighted by Gasteiger charge is -2.19. The Morgan fingerprint density at radius 2 is 1.82 bits per heavy atom. The Labute approximate surface area is 170 Å². The summed E-state index contributed by atoms with van der Waals surface area (Å²) in [5.74, 6) is 1.44. The molecule has 2 rings (SSSR count). The van der Waals surface area contributed by atoms with Crippen molar-refractivity contribution in [3.8, 4) is 11.5 Å². The van der Waals surface area contributed by atoms with Gasteiger partial charge in [-0.2, -0.15) is 5.10 Å². The molecule has 0 aliphatic carbocycles. The Bertz CT molecular complexity index is 815. The van der Waals surface area contributed by atoms with Crippen LogP contribution < -0.4 is 20.6 Å². The van der Waals surface area contributed by atoms with Crippen LogP contribution in [0.4, 0.5) is 4.79 Å². The molecule has 0 saturated heterocycles. The summed E-state index contributed by atoms with van der Waals surface area (Å²) in [6.45, 7) is 7.54. The van der Waals surface area contributed by atoms with Crippen molar-refractivity contribution in [3.63, 3.8) is 0 Å². The van der Waals surface area contributed by atoms with Gasteiger partial charge >= 0.3 is 6.03 Å². The van der Waals surface area contributed by atoms with Crippen molar-refractivity contribution in [1.29, 1.82) is 0 Å². The van der Waals surface area contributed by atoms with Gasteiger partial charge in [-0.1, -0.05) is 44.5 Å². The Hall–Kier alpha value is -2.73. The van der Waals surface area contributed by atoms with Crippen molar-refractivity contribution in [1.82, 2.24) is 5.43 Å². The van der Waals surface area contributed by atoms with E-state index in [4.69, 9.17) is 26.8 Å². The number of halogens is 1. The number of carbonyl (C=O) groups is 1. The van der Waals surface area contributed by atoms with Crippen molar-refractivity contribution < 1.29 is 14.3 Å². The Morgan fingerprint density at radius 3 is 2.46 bits per heavy atom. The quantitative estimate of drug-likeness (QED) is 0.387. The maximum atomic E-state index is 10.7. The number of benzene rings is 2. The van der Waals surface area contributed by atoms with Gasteiger partial charge in [-0.05, 0) is 41.3 Å². The van der Waals surface area contributed by atoms with Gasteiger partial charge in [0.1, 0.15) is 11.5 Å². The molecule has 0 bridgehead atoms. The Morgan fingerprint density at radius 1 is 1.14 bits per heavy atom. The van der Waals surface area contributed by atoms with E-state index in [0.717, 1.165) is 5.75 Å². The molecule has 0 aromatic heterocycles. The van der Waals surface area contributed by atoms with Crippen LogP contribution in [0, 0.1) is 0 Å². The third kappa shape index (κ3) is 7.12. The highest BCUT2D eigenvalue weighted by molar-refractivity contribution is 6.30. The van der Waals surface area contributed by atoms with E-state index in [1.54, 1.807) is 18.2 Å². The summed E-state index contributed by atoms with van der Waals surface area (Å²) in [5.41, 5.74) is 9.15. The average molecular weight is 404 g/mol. The number of hydrazone groups is 1. The number of nitrogens with one attached hydrogen (secondary N) is 1. The number of amides is 2. The standard InChI is InChI=1S/C21H26ClN3O3/c1-21(2,3)16-5-8-18(9-6-16)27-11-4-12-28-19-10-7-17(22)13-15(19)14-24-25-20(23)26/h5-10,13-14H,4,11-12H2,1-3H3,(H3,23,25,26)/b24-14+. The van der Waals surface area contributed by atoms with E-state index in [1.807, 2.05) is 12.1 Å². The number of ether oxygens (including phenoxy) is 2. The number of carbonyl (C=O) groups excluding carboxylic acids is 1. The molecular formula is C21H26ClN3O3. The lowest BCUT2D eigenvalue weighted by Crippen LogP contribution is -2.24. The lowest BCUT2D eigenvalue weighted by molar-refractivity contribution is 0.247. The fourth-order valence-electron chi connectivity index (χ4n) is 2.40. The molecule has 0 spiro atoms. The number of urea groups is 1. The zero-order chi connectivity index (χ0) is 20.6. The highest BCUT2D eigenvalue weighted by atomic mass is 35.5. The average Bonchev–Trinajstić information content (AvgIpc) is 2.62. The summed E-state index contributed by atoms with van der Waals surface area (Å²) >= 11 is 6.00. The van der Waals surface area contributed by atoms with Crippen molar-refractivity contribution in [3.05, 3.63) is 58.6 Å². The van der Waals surface area contributed by atoms with E-state index >= 15 is 0 Å². The second-order valence-corrected chi connectivity index (χ2v) is 7.68. The molecule has 3 N–H and O–H groups in total. The van der Waals surface area contributed by atoms with Gasteiger partial charge in [0.25, 0.3) is 0 Å². The van der Waals surface area contributed by atoms with Crippen LogP contribution in [0.5, 0.6) is 11.5 Å². The zero-order valence-electron chi connectivity index (χ0n) is 16.4. The first-order chi connectivity index (χ1) is 13.3. The van der Waals surface area contributed by atoms with Crippen LogP contribution in [0.15, 0.2) is 47.6 Å². The second-order valence-electron chi connectivity index (χ2n) is 7.24. The molecule has 0 radical (unpaired) electrons. The van der Waals surface area contributed by atoms with E-state index in [-0.39, 0.29) is 5.41 Å². The van der Waals surface area contributed by atoms with Crippen molar-refractivity contribution in [2.45, 2.75) is 32.6 Å². The summed E-state index contributed by atoms with van der Waals surface area (Å²) in [7, 11) is 0. The molecule has 6 nitrogen and oxygen atoms in total. The molecule has 0 unspecified atom stereocenters. The maximum absolute atomic E-state index is 10.7. The molecule has 2 aromatic carbocycles. The summed E-state index contributed by atoms with van der Waals surface area (Å²) in [5, 5.41) is 4.28. The SMILES string of the molecule is CC(C)(C)c1ccc(OCCCOc2ccc(Cl)cc2/C=N/NC(N)=O)cc1. The second kappa shape index (κ2) is 9.99. The van der Waals surface area contributed by atoms with Crippen LogP contribution in [-0.2, 0) is 5.41 Å². The molecule has 0 saturated carbocycles. The Kier molecular flexibility index (Phi) is 7.70. The summed E-state index contributed by atoms with van der Waals surface area (Å²) < 4.78 is 11.5. The first-order valence-corrected chi connectivity index (χ1v) is 9.38. The third-order valence-electron chi connectivity index (χ3n) is 3.89. The minimum absolute atomic E-state index is 0.124. The number of primary amides is 1. The van der Waals surface area contributed by atoms with Gasteiger partial charge in [0.15, 0.2) is 0 Å². The summed E-state index contributed by atoms with van der Waals surface area (Å²) in [6.07, 6.45) is 2.14. The number of hydrogen-bond acceptors (Lipinski definition) is 4. The molecule has 28 heavy (non-hydrogen) atoms. The van der Waals surface area contributed by atoms with E-state index in [0.29, 0.717) is 36.0 Å². The minimum Gasteiger partial charge on any atom is -0.493 e.